The minimum atomic E-state index is -0.318. The summed E-state index contributed by atoms with van der Waals surface area (Å²) < 4.78 is 11.0. The fourth-order valence-corrected chi connectivity index (χ4v) is 2.36. The van der Waals surface area contributed by atoms with E-state index in [9.17, 15) is 4.79 Å². The first kappa shape index (κ1) is 19.5. The van der Waals surface area contributed by atoms with Crippen molar-refractivity contribution in [1.82, 2.24) is 5.43 Å². The van der Waals surface area contributed by atoms with Crippen molar-refractivity contribution in [1.29, 1.82) is 0 Å². The Balaban J connectivity index is 1.82. The van der Waals surface area contributed by atoms with Crippen LogP contribution in [0.3, 0.4) is 0 Å². The van der Waals surface area contributed by atoms with Gasteiger partial charge in [0.05, 0.1) is 12.8 Å². The number of ether oxygens (including phenoxy) is 2. The number of para-hydroxylation sites is 1. The number of amides is 1. The van der Waals surface area contributed by atoms with Gasteiger partial charge < -0.3 is 9.47 Å². The normalized spacial score (nSPS) is 12.0. The van der Waals surface area contributed by atoms with Crippen molar-refractivity contribution in [3.8, 4) is 11.5 Å². The number of nitrogens with zero attached hydrogens (tertiary/aromatic N) is 1. The van der Waals surface area contributed by atoms with Crippen LogP contribution in [0.15, 0.2) is 53.6 Å². The van der Waals surface area contributed by atoms with Gasteiger partial charge in [0.2, 0.25) is 0 Å². The molecule has 2 rings (SSSR count). The topological polar surface area (TPSA) is 59.9 Å². The summed E-state index contributed by atoms with van der Waals surface area (Å²) in [7, 11) is 0. The Bertz CT molecular complexity index is 726. The number of nitrogens with one attached hydrogen (secondary N) is 1. The number of rotatable bonds is 9. The fourth-order valence-electron chi connectivity index (χ4n) is 2.36. The number of benzene rings is 2. The minimum absolute atomic E-state index is 0.0902. The molecule has 0 spiro atoms. The molecule has 2 aromatic carbocycles. The summed E-state index contributed by atoms with van der Waals surface area (Å²) >= 11 is 0. The minimum Gasteiger partial charge on any atom is -0.493 e. The number of carbonyl (C=O) groups is 1. The zero-order valence-electron chi connectivity index (χ0n) is 15.6. The first-order valence-corrected chi connectivity index (χ1v) is 8.90. The van der Waals surface area contributed by atoms with Crippen LogP contribution in [0, 0.1) is 0 Å². The van der Waals surface area contributed by atoms with Crippen LogP contribution >= 0.6 is 0 Å². The summed E-state index contributed by atoms with van der Waals surface area (Å²) in [5, 5.41) is 3.96. The maximum absolute atomic E-state index is 11.9. The molecule has 0 radical (unpaired) electrons. The third-order valence-corrected chi connectivity index (χ3v) is 4.04. The summed E-state index contributed by atoms with van der Waals surface area (Å²) in [6, 6.07) is 15.3. The van der Waals surface area contributed by atoms with Crippen LogP contribution in [0.2, 0.25) is 0 Å². The molecule has 5 nitrogen and oxygen atoms in total. The van der Waals surface area contributed by atoms with Crippen molar-refractivity contribution in [2.24, 2.45) is 5.10 Å². The number of hydrazone groups is 1. The molecule has 0 saturated heterocycles. The lowest BCUT2D eigenvalue weighted by atomic mass is 9.99. The van der Waals surface area contributed by atoms with Gasteiger partial charge >= 0.3 is 0 Å². The average Bonchev–Trinajstić information content (AvgIpc) is 2.67. The summed E-state index contributed by atoms with van der Waals surface area (Å²) in [5.74, 6) is 1.59. The second-order valence-corrected chi connectivity index (χ2v) is 5.93. The first-order valence-electron chi connectivity index (χ1n) is 8.90. The van der Waals surface area contributed by atoms with E-state index < -0.39 is 0 Å². The lowest BCUT2D eigenvalue weighted by Gasteiger charge is -2.10. The van der Waals surface area contributed by atoms with Gasteiger partial charge in [0.25, 0.3) is 5.91 Å². The van der Waals surface area contributed by atoms with Gasteiger partial charge in [-0.25, -0.2) is 5.43 Å². The van der Waals surface area contributed by atoms with Gasteiger partial charge in [0.15, 0.2) is 6.61 Å². The van der Waals surface area contributed by atoms with Crippen molar-refractivity contribution in [2.45, 2.75) is 33.1 Å². The van der Waals surface area contributed by atoms with Gasteiger partial charge in [-0.3, -0.25) is 4.79 Å². The van der Waals surface area contributed by atoms with Crippen molar-refractivity contribution in [2.75, 3.05) is 13.2 Å². The summed E-state index contributed by atoms with van der Waals surface area (Å²) in [5.41, 5.74) is 4.53. The number of hydrogen-bond acceptors (Lipinski definition) is 4. The molecule has 0 saturated carbocycles. The molecule has 0 aliphatic rings. The van der Waals surface area contributed by atoms with E-state index in [-0.39, 0.29) is 12.5 Å². The molecule has 138 valence electrons. The van der Waals surface area contributed by atoms with Crippen LogP contribution in [-0.4, -0.2) is 25.3 Å². The van der Waals surface area contributed by atoms with E-state index >= 15 is 0 Å². The van der Waals surface area contributed by atoms with E-state index in [2.05, 4.69) is 24.4 Å². The first-order chi connectivity index (χ1) is 12.6. The molecule has 0 fully saturated rings. The van der Waals surface area contributed by atoms with Gasteiger partial charge in [-0.15, -0.1) is 0 Å². The lowest BCUT2D eigenvalue weighted by molar-refractivity contribution is -0.123. The molecular formula is C21H26N2O3. The smallest absolute Gasteiger partial charge is 0.277 e. The Labute approximate surface area is 155 Å². The molecule has 0 heterocycles. The van der Waals surface area contributed by atoms with E-state index in [1.807, 2.05) is 55.5 Å². The van der Waals surface area contributed by atoms with Crippen molar-refractivity contribution in [3.05, 3.63) is 59.7 Å². The van der Waals surface area contributed by atoms with Crippen LogP contribution in [0.5, 0.6) is 11.5 Å². The number of carbonyl (C=O) groups excluding carboxylic acids is 1. The molecule has 0 unspecified atom stereocenters. The Morgan fingerprint density at radius 2 is 1.85 bits per heavy atom. The third-order valence-electron chi connectivity index (χ3n) is 4.04. The predicted molar refractivity (Wildman–Crippen MR) is 104 cm³/mol. The van der Waals surface area contributed by atoms with Gasteiger partial charge in [-0.2, -0.15) is 5.10 Å². The Hall–Kier alpha value is -2.82. The van der Waals surface area contributed by atoms with E-state index in [1.54, 1.807) is 6.21 Å². The zero-order valence-corrected chi connectivity index (χ0v) is 15.6. The average molecular weight is 354 g/mol. The van der Waals surface area contributed by atoms with Crippen molar-refractivity contribution < 1.29 is 14.3 Å². The molecule has 0 aliphatic heterocycles. The number of hydrogen-bond donors (Lipinski definition) is 1. The maximum atomic E-state index is 11.9. The fraction of sp³-hybridized carbons (Fsp3) is 0.333. The molecule has 5 heteroatoms. The van der Waals surface area contributed by atoms with Crippen molar-refractivity contribution in [3.63, 3.8) is 0 Å². The van der Waals surface area contributed by atoms with E-state index in [4.69, 9.17) is 9.47 Å². The highest BCUT2D eigenvalue weighted by Gasteiger charge is 2.05. The molecule has 0 aliphatic carbocycles. The molecule has 1 N–H and O–H groups in total. The molecular weight excluding hydrogens is 328 g/mol. The molecule has 1 atom stereocenters. The summed E-state index contributed by atoms with van der Waals surface area (Å²) in [6.07, 6.45) is 2.65. The Morgan fingerprint density at radius 3 is 2.54 bits per heavy atom. The maximum Gasteiger partial charge on any atom is 0.277 e. The van der Waals surface area contributed by atoms with Gasteiger partial charge in [0, 0.05) is 5.56 Å². The second-order valence-electron chi connectivity index (χ2n) is 5.93. The zero-order chi connectivity index (χ0) is 18.8. The predicted octanol–water partition coefficient (Wildman–Crippen LogP) is 4.13. The summed E-state index contributed by atoms with van der Waals surface area (Å²) in [6.45, 7) is 6.74. The molecule has 0 bridgehead atoms. The van der Waals surface area contributed by atoms with Crippen LogP contribution in [0.4, 0.5) is 0 Å². The largest absolute Gasteiger partial charge is 0.493 e. The third kappa shape index (κ3) is 5.92. The highest BCUT2D eigenvalue weighted by atomic mass is 16.5. The van der Waals surface area contributed by atoms with Crippen LogP contribution in [0.25, 0.3) is 0 Å². The molecule has 26 heavy (non-hydrogen) atoms. The Kier molecular flexibility index (Phi) is 7.68. The van der Waals surface area contributed by atoms with E-state index in [0.29, 0.717) is 18.3 Å². The molecule has 2 aromatic rings. The summed E-state index contributed by atoms with van der Waals surface area (Å²) in [4.78, 5) is 11.9. The van der Waals surface area contributed by atoms with E-state index in [0.717, 1.165) is 17.7 Å². The van der Waals surface area contributed by atoms with Crippen LogP contribution in [-0.2, 0) is 4.79 Å². The van der Waals surface area contributed by atoms with Crippen molar-refractivity contribution >= 4 is 12.1 Å². The lowest BCUT2D eigenvalue weighted by Crippen LogP contribution is -2.24. The standard InChI is InChI=1S/C21H26N2O3/c1-4-16(3)17-10-12-19(13-11-17)26-15-21(24)23-22-14-18-8-6-7-9-20(18)25-5-2/h6-14,16H,4-5,15H2,1-3H3,(H,23,24)/b22-14-/t16-/m1/s1. The van der Waals surface area contributed by atoms with E-state index in [1.165, 1.54) is 5.56 Å². The highest BCUT2D eigenvalue weighted by Crippen LogP contribution is 2.21. The quantitative estimate of drug-likeness (QED) is 0.544. The van der Waals surface area contributed by atoms with Gasteiger partial charge in [-0.1, -0.05) is 38.1 Å². The Morgan fingerprint density at radius 1 is 1.12 bits per heavy atom. The van der Waals surface area contributed by atoms with Gasteiger partial charge in [0.1, 0.15) is 11.5 Å². The highest BCUT2D eigenvalue weighted by molar-refractivity contribution is 5.85. The molecule has 1 amide bonds. The second kappa shape index (κ2) is 10.2. The van der Waals surface area contributed by atoms with Crippen LogP contribution in [0.1, 0.15) is 44.2 Å². The molecule has 0 aromatic heterocycles. The monoisotopic (exact) mass is 354 g/mol. The van der Waals surface area contributed by atoms with Crippen LogP contribution < -0.4 is 14.9 Å². The SMILES string of the molecule is CCOc1ccccc1/C=N\NC(=O)COc1ccc([C@H](C)CC)cc1. The van der Waals surface area contributed by atoms with Gasteiger partial charge in [-0.05, 0) is 49.1 Å².